The number of pyridine rings is 1. The third kappa shape index (κ3) is 10.4. The number of hydrogen-bond acceptors (Lipinski definition) is 9. The fourth-order valence-electron chi connectivity index (χ4n) is 7.43. The highest BCUT2D eigenvalue weighted by Gasteiger charge is 2.41. The van der Waals surface area contributed by atoms with E-state index in [0.29, 0.717) is 38.2 Å². The first-order valence-corrected chi connectivity index (χ1v) is 20.3. The Labute approximate surface area is 319 Å². The third-order valence-electron chi connectivity index (χ3n) is 10.6. The van der Waals surface area contributed by atoms with Gasteiger partial charge in [-0.15, -0.1) is 0 Å². The minimum Gasteiger partial charge on any atom is -0.411 e. The first-order valence-electron chi connectivity index (χ1n) is 18.8. The summed E-state index contributed by atoms with van der Waals surface area (Å²) < 4.78 is 34.9. The number of carbonyl (C=O) groups is 2. The molecule has 3 amide bonds. The van der Waals surface area contributed by atoms with Gasteiger partial charge in [-0.25, -0.2) is 13.2 Å². The van der Waals surface area contributed by atoms with Gasteiger partial charge in [0.25, 0.3) is 0 Å². The summed E-state index contributed by atoms with van der Waals surface area (Å²) in [5.41, 5.74) is 2.88. The number of aliphatic hydroxyl groups excluding tert-OH is 1. The van der Waals surface area contributed by atoms with Crippen LogP contribution in [0.1, 0.15) is 68.5 Å². The summed E-state index contributed by atoms with van der Waals surface area (Å²) in [7, 11) is -2.46. The largest absolute Gasteiger partial charge is 0.411 e. The van der Waals surface area contributed by atoms with E-state index in [1.165, 1.54) is 22.7 Å². The van der Waals surface area contributed by atoms with Crippen molar-refractivity contribution in [3.05, 3.63) is 95.3 Å². The lowest BCUT2D eigenvalue weighted by Crippen LogP contribution is -2.57. The number of oxime groups is 1. The van der Waals surface area contributed by atoms with Crippen LogP contribution < -0.4 is 5.32 Å². The number of aliphatic hydroxyl groups is 1. The summed E-state index contributed by atoms with van der Waals surface area (Å²) in [6.07, 6.45) is 4.63. The number of ether oxygens (including phenoxy) is 1. The Kier molecular flexibility index (Phi) is 14.6. The van der Waals surface area contributed by atoms with Gasteiger partial charge in [0.05, 0.1) is 47.8 Å². The Balaban J connectivity index is 1.38. The molecule has 1 saturated heterocycles. The van der Waals surface area contributed by atoms with Crippen molar-refractivity contribution < 1.29 is 33.1 Å². The molecule has 3 aromatic rings. The number of rotatable bonds is 19. The Bertz CT molecular complexity index is 1800. The summed E-state index contributed by atoms with van der Waals surface area (Å²) in [6.45, 7) is 5.33. The van der Waals surface area contributed by atoms with Gasteiger partial charge >= 0.3 is 6.03 Å². The van der Waals surface area contributed by atoms with Gasteiger partial charge in [0.15, 0.2) is 0 Å². The highest BCUT2D eigenvalue weighted by atomic mass is 32.2. The number of nitrogens with one attached hydrogen (secondary N) is 1. The molecule has 0 unspecified atom stereocenters. The van der Waals surface area contributed by atoms with Crippen LogP contribution in [0.25, 0.3) is 0 Å². The molecule has 292 valence electrons. The topological polar surface area (TPSA) is 165 Å². The van der Waals surface area contributed by atoms with Crippen molar-refractivity contribution in [1.29, 1.82) is 0 Å². The quantitative estimate of drug-likeness (QED) is 0.0902. The minimum absolute atomic E-state index is 0.0565. The van der Waals surface area contributed by atoms with Crippen LogP contribution in [-0.2, 0) is 39.1 Å². The van der Waals surface area contributed by atoms with E-state index >= 15 is 0 Å². The second-order valence-electron chi connectivity index (χ2n) is 14.4. The van der Waals surface area contributed by atoms with E-state index in [1.807, 2.05) is 62.4 Å². The van der Waals surface area contributed by atoms with Gasteiger partial charge in [-0.05, 0) is 66.5 Å². The van der Waals surface area contributed by atoms with Gasteiger partial charge in [0, 0.05) is 33.3 Å². The van der Waals surface area contributed by atoms with Crippen molar-refractivity contribution in [2.75, 3.05) is 33.3 Å². The molecule has 2 fully saturated rings. The number of methoxy groups -OCH3 is 1. The van der Waals surface area contributed by atoms with Gasteiger partial charge in [0.1, 0.15) is 6.04 Å². The van der Waals surface area contributed by atoms with E-state index in [-0.39, 0.29) is 42.3 Å². The molecule has 5 rings (SSSR count). The first-order chi connectivity index (χ1) is 26.0. The predicted octanol–water partition coefficient (Wildman–Crippen LogP) is 4.66. The number of amides is 3. The molecule has 2 heterocycles. The maximum Gasteiger partial charge on any atom is 0.321 e. The SMILES string of the molecule is CC[C@H](C)[C@@H](C(=O)N[C@@H](Cc1ccccc1)[C@H](O)CN(CC1CCCC1)S(=O)(=O)c1ccc(C=NO)cc1)N1CCN(Cc2cccc(COC)n2)C1=O. The molecule has 4 atom stereocenters. The maximum absolute atomic E-state index is 14.4. The van der Waals surface area contributed by atoms with E-state index in [4.69, 9.17) is 9.94 Å². The van der Waals surface area contributed by atoms with Crippen LogP contribution in [0.4, 0.5) is 4.79 Å². The number of sulfonamides is 1. The molecular formula is C40H54N6O7S. The van der Waals surface area contributed by atoms with Crippen molar-refractivity contribution in [2.24, 2.45) is 17.0 Å². The molecule has 2 aliphatic rings. The zero-order chi connectivity index (χ0) is 38.7. The van der Waals surface area contributed by atoms with Crippen molar-refractivity contribution in [3.63, 3.8) is 0 Å². The van der Waals surface area contributed by atoms with E-state index in [1.54, 1.807) is 29.0 Å². The summed E-state index contributed by atoms with van der Waals surface area (Å²) in [4.78, 5) is 36.3. The second-order valence-corrected chi connectivity index (χ2v) is 16.4. The highest BCUT2D eigenvalue weighted by Crippen LogP contribution is 2.29. The molecule has 1 saturated carbocycles. The van der Waals surface area contributed by atoms with Crippen LogP contribution in [0, 0.1) is 11.8 Å². The smallest absolute Gasteiger partial charge is 0.321 e. The van der Waals surface area contributed by atoms with Crippen LogP contribution in [0.3, 0.4) is 0 Å². The molecule has 14 heteroatoms. The minimum atomic E-state index is -4.06. The molecule has 3 N–H and O–H groups in total. The third-order valence-corrected chi connectivity index (χ3v) is 12.4. The molecular weight excluding hydrogens is 709 g/mol. The van der Waals surface area contributed by atoms with Crippen molar-refractivity contribution in [1.82, 2.24) is 24.4 Å². The fourth-order valence-corrected chi connectivity index (χ4v) is 8.96. The Morgan fingerprint density at radius 3 is 2.43 bits per heavy atom. The molecule has 1 aromatic heterocycles. The zero-order valence-electron chi connectivity index (χ0n) is 31.5. The monoisotopic (exact) mass is 762 g/mol. The second kappa shape index (κ2) is 19.3. The van der Waals surface area contributed by atoms with Gasteiger partial charge in [-0.3, -0.25) is 9.78 Å². The lowest BCUT2D eigenvalue weighted by Gasteiger charge is -2.35. The van der Waals surface area contributed by atoms with Crippen LogP contribution in [0.2, 0.25) is 0 Å². The van der Waals surface area contributed by atoms with Crippen LogP contribution in [0.5, 0.6) is 0 Å². The van der Waals surface area contributed by atoms with Crippen LogP contribution in [0.15, 0.2) is 82.8 Å². The molecule has 2 aromatic carbocycles. The number of aromatic nitrogens is 1. The summed E-state index contributed by atoms with van der Waals surface area (Å²) >= 11 is 0. The van der Waals surface area contributed by atoms with Crippen molar-refractivity contribution in [2.45, 2.75) is 88.6 Å². The number of nitrogens with zero attached hydrogens (tertiary/aromatic N) is 5. The summed E-state index contributed by atoms with van der Waals surface area (Å²) in [5, 5.41) is 27.0. The number of hydrogen-bond donors (Lipinski definition) is 3. The maximum atomic E-state index is 14.4. The highest BCUT2D eigenvalue weighted by molar-refractivity contribution is 7.89. The van der Waals surface area contributed by atoms with E-state index in [0.717, 1.165) is 42.6 Å². The Morgan fingerprint density at radius 2 is 1.76 bits per heavy atom. The average Bonchev–Trinajstić information content (AvgIpc) is 3.81. The fraction of sp³-hybridized carbons (Fsp3) is 0.500. The average molecular weight is 763 g/mol. The van der Waals surface area contributed by atoms with Gasteiger partial charge in [-0.1, -0.05) is 86.8 Å². The first kappa shape index (κ1) is 40.8. The van der Waals surface area contributed by atoms with E-state index in [9.17, 15) is 23.1 Å². The molecule has 54 heavy (non-hydrogen) atoms. The predicted molar refractivity (Wildman–Crippen MR) is 205 cm³/mol. The van der Waals surface area contributed by atoms with E-state index < -0.39 is 34.1 Å². The molecule has 1 aliphatic heterocycles. The molecule has 0 spiro atoms. The summed E-state index contributed by atoms with van der Waals surface area (Å²) in [6, 6.07) is 19.1. The van der Waals surface area contributed by atoms with Gasteiger partial charge < -0.3 is 30.2 Å². The standard InChI is InChI=1S/C40H54N6O7S/c1-4-29(2)38(46-22-21-44(40(46)49)26-33-15-10-16-34(42-33)28-53-3)39(48)43-36(23-30-11-6-5-7-12-30)37(47)27-45(25-32-13-8-9-14-32)54(51,52)35-19-17-31(18-20-35)24-41-50/h5-7,10-12,15-20,24,29,32,36-38,47,50H,4,8-9,13-14,21-23,25-28H2,1-3H3,(H,43,48)/t29-,36-,37+,38-/m0/s1. The van der Waals surface area contributed by atoms with Gasteiger partial charge in [-0.2, -0.15) is 4.31 Å². The molecule has 1 aliphatic carbocycles. The number of carbonyl (C=O) groups excluding carboxylic acids is 2. The molecule has 0 radical (unpaired) electrons. The number of urea groups is 1. The molecule has 13 nitrogen and oxygen atoms in total. The van der Waals surface area contributed by atoms with E-state index in [2.05, 4.69) is 15.5 Å². The summed E-state index contributed by atoms with van der Waals surface area (Å²) in [5.74, 6) is -0.456. The zero-order valence-corrected chi connectivity index (χ0v) is 32.3. The van der Waals surface area contributed by atoms with Crippen molar-refractivity contribution >= 4 is 28.2 Å². The molecule has 0 bridgehead atoms. The Morgan fingerprint density at radius 1 is 1.06 bits per heavy atom. The lowest BCUT2D eigenvalue weighted by atomic mass is 9.95. The normalized spacial score (nSPS) is 17.7. The Hall–Kier alpha value is -4.37. The van der Waals surface area contributed by atoms with Crippen molar-refractivity contribution in [3.8, 4) is 0 Å². The number of benzene rings is 2. The van der Waals surface area contributed by atoms with Crippen LogP contribution >= 0.6 is 0 Å². The lowest BCUT2D eigenvalue weighted by molar-refractivity contribution is -0.128. The van der Waals surface area contributed by atoms with Gasteiger partial charge in [0.2, 0.25) is 15.9 Å². The van der Waals surface area contributed by atoms with Crippen LogP contribution in [-0.4, -0.2) is 107 Å².